The molecule has 0 aliphatic heterocycles. The van der Waals surface area contributed by atoms with Gasteiger partial charge in [0.2, 0.25) is 0 Å². The Bertz CT molecular complexity index is 529. The summed E-state index contributed by atoms with van der Waals surface area (Å²) in [6, 6.07) is 10.3. The van der Waals surface area contributed by atoms with Crippen molar-refractivity contribution < 1.29 is 5.11 Å². The first kappa shape index (κ1) is 10.1. The smallest absolute Gasteiger partial charge is 0.116 e. The molecule has 2 aromatic rings. The molecule has 0 amide bonds. The van der Waals surface area contributed by atoms with E-state index < -0.39 is 5.60 Å². The average Bonchev–Trinajstić information content (AvgIpc) is 2.86. The summed E-state index contributed by atoms with van der Waals surface area (Å²) < 4.78 is 0. The van der Waals surface area contributed by atoms with E-state index in [0.29, 0.717) is 0 Å². The van der Waals surface area contributed by atoms with Crippen LogP contribution in [0.15, 0.2) is 35.7 Å². The van der Waals surface area contributed by atoms with Gasteiger partial charge in [0.05, 0.1) is 0 Å². The third-order valence-corrected chi connectivity index (χ3v) is 4.29. The summed E-state index contributed by atoms with van der Waals surface area (Å²) in [6.07, 6.45) is 1.78. The van der Waals surface area contributed by atoms with Gasteiger partial charge in [0.1, 0.15) is 5.60 Å². The fraction of sp³-hybridized carbons (Fsp3) is 0.286. The van der Waals surface area contributed by atoms with Crippen molar-refractivity contribution in [2.24, 2.45) is 0 Å². The SMILES string of the molecule is Cc1cc(C2(O)CCc3ccccc32)cs1. The van der Waals surface area contributed by atoms with Gasteiger partial charge in [0.25, 0.3) is 0 Å². The van der Waals surface area contributed by atoms with Crippen molar-refractivity contribution in [3.05, 3.63) is 57.3 Å². The van der Waals surface area contributed by atoms with Crippen molar-refractivity contribution in [3.8, 4) is 0 Å². The number of rotatable bonds is 1. The first-order valence-electron chi connectivity index (χ1n) is 5.56. The fourth-order valence-electron chi connectivity index (χ4n) is 2.55. The summed E-state index contributed by atoms with van der Waals surface area (Å²) in [7, 11) is 0. The number of aryl methyl sites for hydroxylation is 2. The third kappa shape index (κ3) is 1.34. The molecule has 0 saturated heterocycles. The van der Waals surface area contributed by atoms with Crippen molar-refractivity contribution >= 4 is 11.3 Å². The second kappa shape index (κ2) is 3.44. The molecule has 0 fully saturated rings. The van der Waals surface area contributed by atoms with E-state index >= 15 is 0 Å². The topological polar surface area (TPSA) is 20.2 Å². The molecule has 1 atom stereocenters. The minimum absolute atomic E-state index is 0.749. The van der Waals surface area contributed by atoms with Gasteiger partial charge in [-0.05, 0) is 47.9 Å². The minimum Gasteiger partial charge on any atom is -0.380 e. The van der Waals surface area contributed by atoms with Gasteiger partial charge in [-0.2, -0.15) is 0 Å². The zero-order valence-corrected chi connectivity index (χ0v) is 10.1. The molecule has 1 N–H and O–H groups in total. The lowest BCUT2D eigenvalue weighted by Crippen LogP contribution is -2.22. The second-order valence-electron chi connectivity index (χ2n) is 4.46. The van der Waals surface area contributed by atoms with E-state index in [2.05, 4.69) is 30.5 Å². The zero-order chi connectivity index (χ0) is 11.2. The van der Waals surface area contributed by atoms with E-state index in [0.717, 1.165) is 24.0 Å². The summed E-state index contributed by atoms with van der Waals surface area (Å²) in [4.78, 5) is 1.26. The Hall–Kier alpha value is -1.12. The Morgan fingerprint density at radius 1 is 1.31 bits per heavy atom. The molecule has 82 valence electrons. The molecule has 1 heterocycles. The molecule has 1 aliphatic carbocycles. The molecular formula is C14H14OS. The molecule has 2 heteroatoms. The molecule has 3 rings (SSSR count). The molecule has 1 aromatic heterocycles. The highest BCUT2D eigenvalue weighted by Gasteiger charge is 2.38. The third-order valence-electron chi connectivity index (χ3n) is 3.43. The predicted molar refractivity (Wildman–Crippen MR) is 66.8 cm³/mol. The Kier molecular flexibility index (Phi) is 2.16. The number of hydrogen-bond acceptors (Lipinski definition) is 2. The van der Waals surface area contributed by atoms with Crippen LogP contribution in [0.4, 0.5) is 0 Å². The maximum absolute atomic E-state index is 10.8. The standard InChI is InChI=1S/C14H14OS/c1-10-8-12(9-16-10)14(15)7-6-11-4-2-3-5-13(11)14/h2-5,8-9,15H,6-7H2,1H3. The molecule has 0 bridgehead atoms. The van der Waals surface area contributed by atoms with Gasteiger partial charge in [0, 0.05) is 4.88 Å². The van der Waals surface area contributed by atoms with E-state index in [1.54, 1.807) is 11.3 Å². The number of aliphatic hydroxyl groups is 1. The van der Waals surface area contributed by atoms with Crippen LogP contribution in [0.1, 0.15) is 28.0 Å². The lowest BCUT2D eigenvalue weighted by molar-refractivity contribution is 0.0834. The highest BCUT2D eigenvalue weighted by molar-refractivity contribution is 7.10. The van der Waals surface area contributed by atoms with Crippen LogP contribution in [0.2, 0.25) is 0 Å². The van der Waals surface area contributed by atoms with Gasteiger partial charge in [-0.3, -0.25) is 0 Å². The van der Waals surface area contributed by atoms with Gasteiger partial charge >= 0.3 is 0 Å². The maximum Gasteiger partial charge on any atom is 0.116 e. The van der Waals surface area contributed by atoms with Crippen LogP contribution in [0.5, 0.6) is 0 Å². The summed E-state index contributed by atoms with van der Waals surface area (Å²) in [5.74, 6) is 0. The van der Waals surface area contributed by atoms with Crippen LogP contribution < -0.4 is 0 Å². The highest BCUT2D eigenvalue weighted by atomic mass is 32.1. The number of benzene rings is 1. The van der Waals surface area contributed by atoms with E-state index in [9.17, 15) is 5.11 Å². The molecule has 1 aliphatic rings. The quantitative estimate of drug-likeness (QED) is 0.797. The summed E-state index contributed by atoms with van der Waals surface area (Å²) in [6.45, 7) is 2.08. The summed E-state index contributed by atoms with van der Waals surface area (Å²) in [5, 5.41) is 12.9. The largest absolute Gasteiger partial charge is 0.380 e. The van der Waals surface area contributed by atoms with Crippen molar-refractivity contribution in [2.45, 2.75) is 25.4 Å². The minimum atomic E-state index is -0.749. The Morgan fingerprint density at radius 2 is 2.12 bits per heavy atom. The fourth-order valence-corrected chi connectivity index (χ4v) is 3.32. The molecular weight excluding hydrogens is 216 g/mol. The van der Waals surface area contributed by atoms with E-state index in [-0.39, 0.29) is 0 Å². The van der Waals surface area contributed by atoms with Crippen molar-refractivity contribution in [1.82, 2.24) is 0 Å². The average molecular weight is 230 g/mol. The van der Waals surface area contributed by atoms with Gasteiger partial charge in [-0.1, -0.05) is 24.3 Å². The van der Waals surface area contributed by atoms with Crippen LogP contribution in [0.3, 0.4) is 0 Å². The van der Waals surface area contributed by atoms with Crippen LogP contribution in [0.25, 0.3) is 0 Å². The Labute approximate surface area is 99.4 Å². The van der Waals surface area contributed by atoms with E-state index in [1.165, 1.54) is 10.4 Å². The lowest BCUT2D eigenvalue weighted by Gasteiger charge is -2.23. The first-order valence-corrected chi connectivity index (χ1v) is 6.44. The number of fused-ring (bicyclic) bond motifs is 1. The van der Waals surface area contributed by atoms with Crippen molar-refractivity contribution in [2.75, 3.05) is 0 Å². The van der Waals surface area contributed by atoms with E-state index in [1.807, 2.05) is 12.1 Å². The first-order chi connectivity index (χ1) is 7.70. The summed E-state index contributed by atoms with van der Waals surface area (Å²) >= 11 is 1.70. The van der Waals surface area contributed by atoms with Crippen molar-refractivity contribution in [3.63, 3.8) is 0 Å². The molecule has 1 aromatic carbocycles. The molecule has 16 heavy (non-hydrogen) atoms. The molecule has 1 unspecified atom stereocenters. The molecule has 0 saturated carbocycles. The molecule has 0 radical (unpaired) electrons. The van der Waals surface area contributed by atoms with Crippen LogP contribution in [0, 0.1) is 6.92 Å². The van der Waals surface area contributed by atoms with Crippen LogP contribution in [-0.4, -0.2) is 5.11 Å². The van der Waals surface area contributed by atoms with Gasteiger partial charge in [-0.25, -0.2) is 0 Å². The van der Waals surface area contributed by atoms with Gasteiger partial charge in [-0.15, -0.1) is 11.3 Å². The normalized spacial score (nSPS) is 23.4. The van der Waals surface area contributed by atoms with Crippen molar-refractivity contribution in [1.29, 1.82) is 0 Å². The van der Waals surface area contributed by atoms with Crippen LogP contribution in [-0.2, 0) is 12.0 Å². The molecule has 1 nitrogen and oxygen atoms in total. The Balaban J connectivity index is 2.14. The number of hydrogen-bond donors (Lipinski definition) is 1. The predicted octanol–water partition coefficient (Wildman–Crippen LogP) is 3.24. The lowest BCUT2D eigenvalue weighted by atomic mass is 9.90. The van der Waals surface area contributed by atoms with E-state index in [4.69, 9.17) is 0 Å². The highest BCUT2D eigenvalue weighted by Crippen LogP contribution is 2.42. The number of thiophene rings is 1. The second-order valence-corrected chi connectivity index (χ2v) is 5.58. The maximum atomic E-state index is 10.8. The Morgan fingerprint density at radius 3 is 2.88 bits per heavy atom. The summed E-state index contributed by atoms with van der Waals surface area (Å²) in [5.41, 5.74) is 2.68. The molecule has 0 spiro atoms. The van der Waals surface area contributed by atoms with Gasteiger partial charge in [0.15, 0.2) is 0 Å². The monoisotopic (exact) mass is 230 g/mol. The zero-order valence-electron chi connectivity index (χ0n) is 9.23. The van der Waals surface area contributed by atoms with Gasteiger partial charge < -0.3 is 5.11 Å². The van der Waals surface area contributed by atoms with Crippen LogP contribution >= 0.6 is 11.3 Å².